The zero-order chi connectivity index (χ0) is 17.1. The lowest BCUT2D eigenvalue weighted by Gasteiger charge is -2.05. The van der Waals surface area contributed by atoms with Gasteiger partial charge in [0.1, 0.15) is 5.82 Å². The lowest BCUT2D eigenvalue weighted by atomic mass is 9.95. The molecule has 0 saturated heterocycles. The van der Waals surface area contributed by atoms with Gasteiger partial charge in [-0.25, -0.2) is 4.39 Å². The largest absolute Gasteiger partial charge is 0.288 e. The Morgan fingerprint density at radius 1 is 0.680 bits per heavy atom. The molecular formula is C21H10FNO2. The van der Waals surface area contributed by atoms with E-state index in [1.807, 2.05) is 30.3 Å². The molecular weight excluding hydrogens is 317 g/mol. The van der Waals surface area contributed by atoms with Gasteiger partial charge in [0.2, 0.25) is 5.78 Å². The minimum absolute atomic E-state index is 0.0271. The van der Waals surface area contributed by atoms with E-state index < -0.39 is 17.4 Å². The molecule has 1 aromatic heterocycles. The van der Waals surface area contributed by atoms with E-state index in [2.05, 4.69) is 4.98 Å². The molecule has 4 heteroatoms. The Morgan fingerprint density at radius 3 is 2.20 bits per heavy atom. The number of carbonyl (C=O) groups excluding carboxylic acids is 2. The molecule has 0 amide bonds. The lowest BCUT2D eigenvalue weighted by Crippen LogP contribution is -2.05. The van der Waals surface area contributed by atoms with Crippen LogP contribution in [0.3, 0.4) is 0 Å². The van der Waals surface area contributed by atoms with Crippen LogP contribution in [0, 0.1) is 5.82 Å². The van der Waals surface area contributed by atoms with Crippen molar-refractivity contribution in [3.05, 3.63) is 94.4 Å². The highest BCUT2D eigenvalue weighted by Gasteiger charge is 2.40. The maximum atomic E-state index is 14.2. The monoisotopic (exact) mass is 327 g/mol. The molecule has 0 aliphatic heterocycles. The Hall–Kier alpha value is -3.40. The van der Waals surface area contributed by atoms with Gasteiger partial charge in [0.25, 0.3) is 0 Å². The van der Waals surface area contributed by atoms with Crippen molar-refractivity contribution in [1.29, 1.82) is 0 Å². The van der Waals surface area contributed by atoms with Crippen molar-refractivity contribution in [2.75, 3.05) is 0 Å². The standard InChI is InChI=1S/C21H10FNO2/c22-15-9-3-7-14-17(15)21(25)18(20(14)24)16-11-5-1-2-6-12(11)19-13(16)8-4-10-23-19/h1-10H/b18-16+. The number of rotatable bonds is 0. The van der Waals surface area contributed by atoms with Gasteiger partial charge >= 0.3 is 0 Å². The smallest absolute Gasteiger partial charge is 0.201 e. The molecule has 118 valence electrons. The maximum Gasteiger partial charge on any atom is 0.201 e. The number of halogens is 1. The number of nitrogens with zero attached hydrogens (tertiary/aromatic N) is 1. The van der Waals surface area contributed by atoms with Crippen molar-refractivity contribution in [3.63, 3.8) is 0 Å². The molecule has 5 rings (SSSR count). The van der Waals surface area contributed by atoms with Crippen molar-refractivity contribution in [2.45, 2.75) is 0 Å². The van der Waals surface area contributed by atoms with Crippen LogP contribution in [0.4, 0.5) is 4.39 Å². The van der Waals surface area contributed by atoms with E-state index in [9.17, 15) is 14.0 Å². The first-order valence-corrected chi connectivity index (χ1v) is 7.86. The number of aromatic nitrogens is 1. The lowest BCUT2D eigenvalue weighted by molar-refractivity contribution is 0.0989. The second kappa shape index (κ2) is 4.80. The predicted molar refractivity (Wildman–Crippen MR) is 90.8 cm³/mol. The SMILES string of the molecule is O=C1/C(=C2/c3ccccc3-c3ncccc32)C(=O)c2c(F)cccc21. The molecule has 0 unspecified atom stereocenters. The fraction of sp³-hybridized carbons (Fsp3) is 0. The number of Topliss-reactive ketones (excluding diaryl/α,β-unsaturated/α-hetero) is 2. The highest BCUT2D eigenvalue weighted by molar-refractivity contribution is 6.43. The molecule has 3 nitrogen and oxygen atoms in total. The summed E-state index contributed by atoms with van der Waals surface area (Å²) in [5.74, 6) is -1.65. The summed E-state index contributed by atoms with van der Waals surface area (Å²) < 4.78 is 14.2. The van der Waals surface area contributed by atoms with Crippen LogP contribution in [0.25, 0.3) is 16.8 Å². The van der Waals surface area contributed by atoms with E-state index in [1.165, 1.54) is 18.2 Å². The van der Waals surface area contributed by atoms with Crippen LogP contribution < -0.4 is 0 Å². The molecule has 2 aromatic carbocycles. The summed E-state index contributed by atoms with van der Waals surface area (Å²) in [6, 6.07) is 15.3. The van der Waals surface area contributed by atoms with Crippen LogP contribution in [0.2, 0.25) is 0 Å². The van der Waals surface area contributed by atoms with Crippen LogP contribution in [0.1, 0.15) is 31.8 Å². The third kappa shape index (κ3) is 1.71. The summed E-state index contributed by atoms with van der Waals surface area (Å²) in [7, 11) is 0. The van der Waals surface area contributed by atoms with Crippen molar-refractivity contribution < 1.29 is 14.0 Å². The number of pyridine rings is 1. The number of hydrogen-bond acceptors (Lipinski definition) is 3. The molecule has 0 saturated carbocycles. The van der Waals surface area contributed by atoms with Gasteiger partial charge in [0, 0.05) is 28.5 Å². The van der Waals surface area contributed by atoms with E-state index in [0.717, 1.165) is 22.4 Å². The van der Waals surface area contributed by atoms with Gasteiger partial charge < -0.3 is 0 Å². The number of benzene rings is 2. The molecule has 0 bridgehead atoms. The number of fused-ring (bicyclic) bond motifs is 4. The molecule has 2 aliphatic carbocycles. The second-order valence-electron chi connectivity index (χ2n) is 6.02. The van der Waals surface area contributed by atoms with Crippen molar-refractivity contribution >= 4 is 17.1 Å². The Morgan fingerprint density at radius 2 is 1.40 bits per heavy atom. The van der Waals surface area contributed by atoms with Crippen LogP contribution >= 0.6 is 0 Å². The molecule has 0 spiro atoms. The van der Waals surface area contributed by atoms with Crippen LogP contribution in [0.5, 0.6) is 0 Å². The molecule has 0 N–H and O–H groups in total. The van der Waals surface area contributed by atoms with E-state index in [0.29, 0.717) is 5.57 Å². The first kappa shape index (κ1) is 14.0. The summed E-state index contributed by atoms with van der Waals surface area (Å²) in [5, 5.41) is 0. The average Bonchev–Trinajstić information content (AvgIpc) is 3.09. The Balaban J connectivity index is 1.89. The van der Waals surface area contributed by atoms with Crippen molar-refractivity contribution in [2.24, 2.45) is 0 Å². The zero-order valence-corrected chi connectivity index (χ0v) is 12.9. The van der Waals surface area contributed by atoms with E-state index in [-0.39, 0.29) is 16.7 Å². The summed E-state index contributed by atoms with van der Waals surface area (Å²) in [6.45, 7) is 0. The first-order chi connectivity index (χ1) is 12.2. The Kier molecular flexibility index (Phi) is 2.69. The number of carbonyl (C=O) groups is 2. The van der Waals surface area contributed by atoms with Gasteiger partial charge in [-0.15, -0.1) is 0 Å². The van der Waals surface area contributed by atoms with Crippen molar-refractivity contribution in [3.8, 4) is 11.3 Å². The van der Waals surface area contributed by atoms with Crippen LogP contribution in [-0.2, 0) is 0 Å². The summed E-state index contributed by atoms with van der Waals surface area (Å²) in [4.78, 5) is 30.2. The fourth-order valence-electron chi connectivity index (χ4n) is 3.68. The zero-order valence-electron chi connectivity index (χ0n) is 12.9. The fourth-order valence-corrected chi connectivity index (χ4v) is 3.68. The van der Waals surface area contributed by atoms with E-state index in [4.69, 9.17) is 0 Å². The van der Waals surface area contributed by atoms with Gasteiger partial charge in [0.15, 0.2) is 5.78 Å². The van der Waals surface area contributed by atoms with E-state index in [1.54, 1.807) is 12.3 Å². The van der Waals surface area contributed by atoms with Gasteiger partial charge in [0.05, 0.1) is 16.8 Å². The molecule has 3 aromatic rings. The Bertz CT molecular complexity index is 1100. The molecule has 1 heterocycles. The minimum Gasteiger partial charge on any atom is -0.288 e. The quantitative estimate of drug-likeness (QED) is 0.361. The summed E-state index contributed by atoms with van der Waals surface area (Å²) in [6.07, 6.45) is 1.68. The topological polar surface area (TPSA) is 47.0 Å². The minimum atomic E-state index is -0.663. The highest BCUT2D eigenvalue weighted by Crippen LogP contribution is 2.46. The number of hydrogen-bond donors (Lipinski definition) is 0. The van der Waals surface area contributed by atoms with Gasteiger partial charge in [-0.3, -0.25) is 14.6 Å². The number of allylic oxidation sites excluding steroid dienone is 1. The summed E-state index contributed by atoms with van der Waals surface area (Å²) >= 11 is 0. The average molecular weight is 327 g/mol. The Labute approximate surface area is 142 Å². The molecule has 0 atom stereocenters. The van der Waals surface area contributed by atoms with E-state index >= 15 is 0 Å². The maximum absolute atomic E-state index is 14.2. The third-order valence-electron chi connectivity index (χ3n) is 4.72. The summed E-state index contributed by atoms with van der Waals surface area (Å²) in [5.41, 5.74) is 3.68. The van der Waals surface area contributed by atoms with Crippen LogP contribution in [-0.4, -0.2) is 16.6 Å². The second-order valence-corrected chi connectivity index (χ2v) is 6.02. The van der Waals surface area contributed by atoms with Crippen molar-refractivity contribution in [1.82, 2.24) is 4.98 Å². The van der Waals surface area contributed by atoms with Gasteiger partial charge in [-0.2, -0.15) is 0 Å². The highest BCUT2D eigenvalue weighted by atomic mass is 19.1. The molecule has 0 fully saturated rings. The normalized spacial score (nSPS) is 17.5. The van der Waals surface area contributed by atoms with Gasteiger partial charge in [-0.05, 0) is 17.7 Å². The molecule has 25 heavy (non-hydrogen) atoms. The molecule has 0 radical (unpaired) electrons. The van der Waals surface area contributed by atoms with Crippen LogP contribution in [0.15, 0.2) is 66.4 Å². The number of ketones is 2. The first-order valence-electron chi connectivity index (χ1n) is 7.86. The predicted octanol–water partition coefficient (Wildman–Crippen LogP) is 4.08. The third-order valence-corrected chi connectivity index (χ3v) is 4.72. The molecule has 2 aliphatic rings. The van der Waals surface area contributed by atoms with Gasteiger partial charge in [-0.1, -0.05) is 42.5 Å².